The lowest BCUT2D eigenvalue weighted by Gasteiger charge is -2.17. The van der Waals surface area contributed by atoms with Crippen molar-refractivity contribution >= 4 is 11.6 Å². The third kappa shape index (κ3) is 5.00. The van der Waals surface area contributed by atoms with Crippen LogP contribution in [0.15, 0.2) is 12.4 Å². The molecule has 0 spiro atoms. The van der Waals surface area contributed by atoms with Gasteiger partial charge in [-0.25, -0.2) is 0 Å². The first-order valence-electron chi connectivity index (χ1n) is 6.72. The molecule has 0 saturated carbocycles. The van der Waals surface area contributed by atoms with E-state index in [0.717, 1.165) is 26.2 Å². The highest BCUT2D eigenvalue weighted by molar-refractivity contribution is 5.97. The van der Waals surface area contributed by atoms with Gasteiger partial charge in [0, 0.05) is 12.7 Å². The van der Waals surface area contributed by atoms with E-state index in [2.05, 4.69) is 29.2 Å². The van der Waals surface area contributed by atoms with Crippen LogP contribution in [0.1, 0.15) is 27.7 Å². The van der Waals surface area contributed by atoms with Crippen LogP contribution < -0.4 is 11.1 Å². The van der Waals surface area contributed by atoms with Gasteiger partial charge in [0.1, 0.15) is 0 Å². The van der Waals surface area contributed by atoms with E-state index in [-0.39, 0.29) is 5.91 Å². The van der Waals surface area contributed by atoms with E-state index in [1.54, 1.807) is 20.0 Å². The number of nitrogens with one attached hydrogen (secondary N) is 1. The number of carbonyl (C=O) groups is 1. The smallest absolute Gasteiger partial charge is 0.243 e. The molecule has 6 nitrogen and oxygen atoms in total. The van der Waals surface area contributed by atoms with Gasteiger partial charge in [-0.05, 0) is 26.9 Å². The molecule has 0 aliphatic rings. The van der Waals surface area contributed by atoms with Crippen LogP contribution in [0.25, 0.3) is 0 Å². The van der Waals surface area contributed by atoms with Crippen LogP contribution in [0.2, 0.25) is 0 Å². The van der Waals surface area contributed by atoms with Gasteiger partial charge in [0.15, 0.2) is 0 Å². The second kappa shape index (κ2) is 6.68. The number of rotatable bonds is 7. The van der Waals surface area contributed by atoms with Gasteiger partial charge >= 0.3 is 0 Å². The van der Waals surface area contributed by atoms with Crippen LogP contribution in [0, 0.1) is 0 Å². The zero-order valence-corrected chi connectivity index (χ0v) is 12.3. The minimum atomic E-state index is -0.886. The Morgan fingerprint density at radius 3 is 2.63 bits per heavy atom. The van der Waals surface area contributed by atoms with E-state index in [9.17, 15) is 4.79 Å². The molecule has 0 unspecified atom stereocenters. The third-order valence-corrected chi connectivity index (χ3v) is 3.02. The van der Waals surface area contributed by atoms with E-state index >= 15 is 0 Å². The number of hydrogen-bond acceptors (Lipinski definition) is 4. The van der Waals surface area contributed by atoms with Crippen molar-refractivity contribution in [2.24, 2.45) is 5.73 Å². The molecule has 0 aliphatic carbocycles. The highest BCUT2D eigenvalue weighted by Gasteiger charge is 2.22. The molecule has 1 rings (SSSR count). The number of nitrogens with zero attached hydrogens (tertiary/aromatic N) is 3. The predicted octanol–water partition coefficient (Wildman–Crippen LogP) is 0.901. The quantitative estimate of drug-likeness (QED) is 0.769. The summed E-state index contributed by atoms with van der Waals surface area (Å²) in [4.78, 5) is 14.0. The summed E-state index contributed by atoms with van der Waals surface area (Å²) in [7, 11) is 0. The van der Waals surface area contributed by atoms with E-state index in [1.807, 2.05) is 10.9 Å². The molecule has 1 amide bonds. The number of aromatic nitrogens is 2. The molecule has 0 aromatic carbocycles. The number of amides is 1. The average molecular weight is 267 g/mol. The summed E-state index contributed by atoms with van der Waals surface area (Å²) >= 11 is 0. The highest BCUT2D eigenvalue weighted by atomic mass is 16.2. The minimum Gasteiger partial charge on any atom is -0.322 e. The zero-order valence-electron chi connectivity index (χ0n) is 12.3. The fourth-order valence-corrected chi connectivity index (χ4v) is 1.63. The molecule has 0 fully saturated rings. The van der Waals surface area contributed by atoms with Crippen molar-refractivity contribution in [2.45, 2.75) is 39.8 Å². The summed E-state index contributed by atoms with van der Waals surface area (Å²) in [6.45, 7) is 11.4. The molecular formula is C13H25N5O. The van der Waals surface area contributed by atoms with Crippen LogP contribution in [0.3, 0.4) is 0 Å². The third-order valence-electron chi connectivity index (χ3n) is 3.02. The lowest BCUT2D eigenvalue weighted by atomic mass is 10.1. The summed E-state index contributed by atoms with van der Waals surface area (Å²) in [5.74, 6) is -0.212. The van der Waals surface area contributed by atoms with Crippen LogP contribution >= 0.6 is 0 Å². The van der Waals surface area contributed by atoms with Crippen molar-refractivity contribution in [1.29, 1.82) is 0 Å². The first-order valence-corrected chi connectivity index (χ1v) is 6.72. The normalized spacial score (nSPS) is 11.9. The lowest BCUT2D eigenvalue weighted by molar-refractivity contribution is -0.120. The van der Waals surface area contributed by atoms with Gasteiger partial charge in [-0.1, -0.05) is 13.8 Å². The first-order chi connectivity index (χ1) is 8.86. The maximum absolute atomic E-state index is 11.7. The number of anilines is 1. The molecule has 1 heterocycles. The molecule has 6 heteroatoms. The minimum absolute atomic E-state index is 0.212. The van der Waals surface area contributed by atoms with E-state index in [0.29, 0.717) is 5.69 Å². The Hall–Kier alpha value is -1.40. The average Bonchev–Trinajstić information content (AvgIpc) is 2.77. The van der Waals surface area contributed by atoms with Crippen LogP contribution in [0.5, 0.6) is 0 Å². The monoisotopic (exact) mass is 267 g/mol. The van der Waals surface area contributed by atoms with Gasteiger partial charge in [-0.2, -0.15) is 5.10 Å². The molecule has 1 aromatic heterocycles. The second-order valence-corrected chi connectivity index (χ2v) is 5.19. The van der Waals surface area contributed by atoms with Gasteiger partial charge in [0.25, 0.3) is 0 Å². The number of carbonyl (C=O) groups excluding carboxylic acids is 1. The van der Waals surface area contributed by atoms with Crippen LogP contribution in [-0.2, 0) is 11.3 Å². The number of hydrogen-bond donors (Lipinski definition) is 2. The highest BCUT2D eigenvalue weighted by Crippen LogP contribution is 2.08. The van der Waals surface area contributed by atoms with Crippen molar-refractivity contribution in [2.75, 3.05) is 25.0 Å². The SMILES string of the molecule is CCN(CC)CCn1cc(NC(=O)C(C)(C)N)cn1. The molecule has 0 atom stereocenters. The molecular weight excluding hydrogens is 242 g/mol. The molecule has 19 heavy (non-hydrogen) atoms. The summed E-state index contributed by atoms with van der Waals surface area (Å²) in [5.41, 5.74) is 5.52. The maximum atomic E-state index is 11.7. The standard InChI is InChI=1S/C13H25N5O/c1-5-17(6-2)7-8-18-10-11(9-15-18)16-12(19)13(3,4)14/h9-10H,5-8,14H2,1-4H3,(H,16,19). The van der Waals surface area contributed by atoms with E-state index < -0.39 is 5.54 Å². The molecule has 108 valence electrons. The van der Waals surface area contributed by atoms with Crippen molar-refractivity contribution in [1.82, 2.24) is 14.7 Å². The Bertz CT molecular complexity index is 403. The van der Waals surface area contributed by atoms with Crippen molar-refractivity contribution in [3.05, 3.63) is 12.4 Å². The fraction of sp³-hybridized carbons (Fsp3) is 0.692. The molecule has 0 saturated heterocycles. The maximum Gasteiger partial charge on any atom is 0.243 e. The van der Waals surface area contributed by atoms with Gasteiger partial charge in [-0.3, -0.25) is 9.48 Å². The Labute approximate surface area is 114 Å². The molecule has 3 N–H and O–H groups in total. The molecule has 0 aliphatic heterocycles. The van der Waals surface area contributed by atoms with Crippen LogP contribution in [0.4, 0.5) is 5.69 Å². The number of nitrogens with two attached hydrogens (primary N) is 1. The van der Waals surface area contributed by atoms with Crippen LogP contribution in [-0.4, -0.2) is 45.8 Å². The Morgan fingerprint density at radius 1 is 1.47 bits per heavy atom. The fourth-order valence-electron chi connectivity index (χ4n) is 1.63. The summed E-state index contributed by atoms with van der Waals surface area (Å²) in [5, 5.41) is 6.98. The summed E-state index contributed by atoms with van der Waals surface area (Å²) in [6, 6.07) is 0. The molecule has 1 aromatic rings. The van der Waals surface area contributed by atoms with Gasteiger partial charge in [-0.15, -0.1) is 0 Å². The van der Waals surface area contributed by atoms with Gasteiger partial charge in [0.05, 0.1) is 24.0 Å². The number of likely N-dealkylation sites (N-methyl/N-ethyl adjacent to an activating group) is 1. The van der Waals surface area contributed by atoms with Gasteiger partial charge < -0.3 is 16.0 Å². The molecule has 0 bridgehead atoms. The van der Waals surface area contributed by atoms with Crippen molar-refractivity contribution in [3.63, 3.8) is 0 Å². The zero-order chi connectivity index (χ0) is 14.5. The molecule has 0 radical (unpaired) electrons. The predicted molar refractivity (Wildman–Crippen MR) is 76.9 cm³/mol. The summed E-state index contributed by atoms with van der Waals surface area (Å²) < 4.78 is 1.83. The van der Waals surface area contributed by atoms with E-state index in [4.69, 9.17) is 5.73 Å². The second-order valence-electron chi connectivity index (χ2n) is 5.19. The van der Waals surface area contributed by atoms with Crippen molar-refractivity contribution < 1.29 is 4.79 Å². The Morgan fingerprint density at radius 2 is 2.11 bits per heavy atom. The van der Waals surface area contributed by atoms with Crippen molar-refractivity contribution in [3.8, 4) is 0 Å². The topological polar surface area (TPSA) is 76.2 Å². The lowest BCUT2D eigenvalue weighted by Crippen LogP contribution is -2.45. The largest absolute Gasteiger partial charge is 0.322 e. The Kier molecular flexibility index (Phi) is 5.50. The van der Waals surface area contributed by atoms with Gasteiger partial charge in [0.2, 0.25) is 5.91 Å². The van der Waals surface area contributed by atoms with E-state index in [1.165, 1.54) is 0 Å². The first kappa shape index (κ1) is 15.7. The summed E-state index contributed by atoms with van der Waals surface area (Å²) in [6.07, 6.45) is 3.47. The Balaban J connectivity index is 2.51.